The highest BCUT2D eigenvalue weighted by Crippen LogP contribution is 2.21. The molecule has 0 aromatic rings. The quantitative estimate of drug-likeness (QED) is 0.263. The van der Waals surface area contributed by atoms with Crippen LogP contribution in [-0.2, 0) is 29.0 Å². The van der Waals surface area contributed by atoms with Crippen LogP contribution in [0.5, 0.6) is 0 Å². The SMILES string of the molecule is NS(=O)(=O)OC(O)(CCCCCCO)OS(N)(=O)=O. The van der Waals surface area contributed by atoms with Gasteiger partial charge in [0.15, 0.2) is 0 Å². The van der Waals surface area contributed by atoms with E-state index in [9.17, 15) is 21.9 Å². The van der Waals surface area contributed by atoms with E-state index in [0.29, 0.717) is 19.3 Å². The molecule has 0 aromatic carbocycles. The second-order valence-corrected chi connectivity index (χ2v) is 6.06. The monoisotopic (exact) mass is 322 g/mol. The van der Waals surface area contributed by atoms with E-state index < -0.39 is 33.0 Å². The molecule has 0 bridgehead atoms. The van der Waals surface area contributed by atoms with Crippen LogP contribution in [0.4, 0.5) is 0 Å². The summed E-state index contributed by atoms with van der Waals surface area (Å²) in [6, 6.07) is 0. The lowest BCUT2D eigenvalue weighted by Gasteiger charge is -2.24. The Morgan fingerprint density at radius 3 is 1.68 bits per heavy atom. The van der Waals surface area contributed by atoms with Gasteiger partial charge < -0.3 is 10.2 Å². The molecule has 0 saturated heterocycles. The van der Waals surface area contributed by atoms with E-state index in [-0.39, 0.29) is 13.0 Å². The minimum Gasteiger partial charge on any atom is -0.396 e. The molecular formula is C7H18N2O8S2. The molecule has 0 spiro atoms. The molecule has 12 heteroatoms. The van der Waals surface area contributed by atoms with Crippen molar-refractivity contribution in [2.24, 2.45) is 10.3 Å². The average Bonchev–Trinajstić information content (AvgIpc) is 2.10. The fourth-order valence-electron chi connectivity index (χ4n) is 1.27. The van der Waals surface area contributed by atoms with Gasteiger partial charge in [-0.15, -0.1) is 0 Å². The van der Waals surface area contributed by atoms with Crippen molar-refractivity contribution >= 4 is 20.6 Å². The summed E-state index contributed by atoms with van der Waals surface area (Å²) in [4.78, 5) is 0. The van der Waals surface area contributed by atoms with Crippen LogP contribution < -0.4 is 10.3 Å². The molecule has 6 N–H and O–H groups in total. The van der Waals surface area contributed by atoms with Crippen LogP contribution in [-0.4, -0.2) is 39.6 Å². The molecule has 0 aromatic heterocycles. The van der Waals surface area contributed by atoms with Crippen LogP contribution in [0.3, 0.4) is 0 Å². The highest BCUT2D eigenvalue weighted by molar-refractivity contribution is 7.85. The number of aliphatic hydroxyl groups excluding tert-OH is 1. The molecular weight excluding hydrogens is 304 g/mol. The van der Waals surface area contributed by atoms with E-state index in [2.05, 4.69) is 18.6 Å². The molecule has 0 rings (SSSR count). The Labute approximate surface area is 111 Å². The maximum Gasteiger partial charge on any atom is 0.337 e. The molecule has 0 aliphatic heterocycles. The number of hydrogen-bond acceptors (Lipinski definition) is 8. The predicted octanol–water partition coefficient (Wildman–Crippen LogP) is -1.98. The second-order valence-electron chi connectivity index (χ2n) is 3.75. The van der Waals surface area contributed by atoms with E-state index in [1.165, 1.54) is 0 Å². The number of unbranched alkanes of at least 4 members (excludes halogenated alkanes) is 3. The van der Waals surface area contributed by atoms with Gasteiger partial charge >= 0.3 is 26.6 Å². The first kappa shape index (κ1) is 18.7. The van der Waals surface area contributed by atoms with E-state index in [1.54, 1.807) is 0 Å². The van der Waals surface area contributed by atoms with Crippen molar-refractivity contribution < 1.29 is 35.4 Å². The summed E-state index contributed by atoms with van der Waals surface area (Å²) < 4.78 is 50.8. The van der Waals surface area contributed by atoms with Gasteiger partial charge in [0, 0.05) is 13.0 Å². The van der Waals surface area contributed by atoms with Gasteiger partial charge in [-0.3, -0.25) is 0 Å². The minimum absolute atomic E-state index is 0.00831. The van der Waals surface area contributed by atoms with Gasteiger partial charge in [0.25, 0.3) is 0 Å². The topological polar surface area (TPSA) is 179 Å². The Hall–Kier alpha value is -0.340. The zero-order chi connectivity index (χ0) is 15.2. The summed E-state index contributed by atoms with van der Waals surface area (Å²) in [6.45, 7) is -0.00831. The highest BCUT2D eigenvalue weighted by Gasteiger charge is 2.38. The molecule has 0 amide bonds. The molecule has 0 aliphatic carbocycles. The predicted molar refractivity (Wildman–Crippen MR) is 63.5 cm³/mol. The zero-order valence-corrected chi connectivity index (χ0v) is 11.7. The number of rotatable bonds is 10. The summed E-state index contributed by atoms with van der Waals surface area (Å²) in [7, 11) is -9.27. The van der Waals surface area contributed by atoms with Gasteiger partial charge in [0.1, 0.15) is 0 Å². The highest BCUT2D eigenvalue weighted by atomic mass is 32.2. The number of nitrogens with two attached hydrogens (primary N) is 2. The van der Waals surface area contributed by atoms with E-state index in [0.717, 1.165) is 0 Å². The summed E-state index contributed by atoms with van der Waals surface area (Å²) >= 11 is 0. The third-order valence-corrected chi connectivity index (χ3v) is 2.88. The molecule has 116 valence electrons. The molecule has 19 heavy (non-hydrogen) atoms. The van der Waals surface area contributed by atoms with Crippen molar-refractivity contribution in [3.05, 3.63) is 0 Å². The first-order valence-electron chi connectivity index (χ1n) is 5.27. The minimum atomic E-state index is -4.64. The van der Waals surface area contributed by atoms with Crippen LogP contribution in [0, 0.1) is 0 Å². The maximum absolute atomic E-state index is 10.7. The first-order chi connectivity index (χ1) is 8.47. The molecule has 0 unspecified atom stereocenters. The third-order valence-electron chi connectivity index (χ3n) is 1.89. The van der Waals surface area contributed by atoms with Gasteiger partial charge in [-0.2, -0.15) is 25.2 Å². The Morgan fingerprint density at radius 2 is 1.32 bits per heavy atom. The van der Waals surface area contributed by atoms with Crippen molar-refractivity contribution in [3.8, 4) is 0 Å². The van der Waals surface area contributed by atoms with Gasteiger partial charge in [-0.25, -0.2) is 10.3 Å². The van der Waals surface area contributed by atoms with Crippen molar-refractivity contribution in [3.63, 3.8) is 0 Å². The van der Waals surface area contributed by atoms with Gasteiger partial charge in [-0.1, -0.05) is 12.8 Å². The summed E-state index contributed by atoms with van der Waals surface area (Å²) in [5.41, 5.74) is 0. The Morgan fingerprint density at radius 1 is 0.895 bits per heavy atom. The Kier molecular flexibility index (Phi) is 7.31. The lowest BCUT2D eigenvalue weighted by atomic mass is 10.1. The maximum atomic E-state index is 10.7. The van der Waals surface area contributed by atoms with Crippen molar-refractivity contribution in [2.45, 2.75) is 38.1 Å². The van der Waals surface area contributed by atoms with Crippen molar-refractivity contribution in [1.82, 2.24) is 0 Å². The van der Waals surface area contributed by atoms with Crippen LogP contribution in [0.1, 0.15) is 32.1 Å². The fraction of sp³-hybridized carbons (Fsp3) is 1.00. The van der Waals surface area contributed by atoms with Crippen LogP contribution in [0.2, 0.25) is 0 Å². The molecule has 0 atom stereocenters. The fourth-order valence-corrected chi connectivity index (χ4v) is 2.28. The summed E-state index contributed by atoms with van der Waals surface area (Å²) in [6.07, 6.45) is 1.28. The van der Waals surface area contributed by atoms with Crippen LogP contribution in [0.25, 0.3) is 0 Å². The summed E-state index contributed by atoms with van der Waals surface area (Å²) in [5, 5.41) is 27.2. The van der Waals surface area contributed by atoms with E-state index in [1.807, 2.05) is 0 Å². The van der Waals surface area contributed by atoms with Crippen LogP contribution >= 0.6 is 0 Å². The number of hydrogen-bond donors (Lipinski definition) is 4. The molecule has 0 aliphatic rings. The van der Waals surface area contributed by atoms with Gasteiger partial charge in [-0.05, 0) is 12.8 Å². The molecule has 10 nitrogen and oxygen atoms in total. The average molecular weight is 322 g/mol. The largest absolute Gasteiger partial charge is 0.396 e. The van der Waals surface area contributed by atoms with Crippen molar-refractivity contribution in [1.29, 1.82) is 0 Å². The van der Waals surface area contributed by atoms with Gasteiger partial charge in [0.05, 0.1) is 0 Å². The zero-order valence-electron chi connectivity index (χ0n) is 10.1. The normalized spacial score (nSPS) is 13.7. The van der Waals surface area contributed by atoms with Crippen molar-refractivity contribution in [2.75, 3.05) is 6.61 Å². The molecule has 0 radical (unpaired) electrons. The lowest BCUT2D eigenvalue weighted by Crippen LogP contribution is -2.43. The Balaban J connectivity index is 4.59. The molecule has 0 saturated carbocycles. The third kappa shape index (κ3) is 11.2. The smallest absolute Gasteiger partial charge is 0.337 e. The first-order valence-corrected chi connectivity index (χ1v) is 8.22. The Bertz CT molecular complexity index is 425. The number of aliphatic hydroxyl groups is 2. The van der Waals surface area contributed by atoms with E-state index >= 15 is 0 Å². The second kappa shape index (κ2) is 7.44. The standard InChI is InChI=1S/C7H18N2O8S2/c8-18(12,13)16-7(11,17-19(9,14)15)5-3-1-2-4-6-10/h10-11H,1-6H2,(H2,8,12,13)(H2,9,14,15). The lowest BCUT2D eigenvalue weighted by molar-refractivity contribution is -0.271. The molecule has 0 heterocycles. The van der Waals surface area contributed by atoms with Gasteiger partial charge in [0.2, 0.25) is 0 Å². The van der Waals surface area contributed by atoms with E-state index in [4.69, 9.17) is 5.11 Å². The molecule has 0 fully saturated rings. The summed E-state index contributed by atoms with van der Waals surface area (Å²) in [5.74, 6) is -2.97. The van der Waals surface area contributed by atoms with Crippen LogP contribution in [0.15, 0.2) is 0 Å².